The largest absolute Gasteiger partial charge is 0.440 e. The van der Waals surface area contributed by atoms with Crippen LogP contribution in [0.25, 0.3) is 0 Å². The minimum Gasteiger partial charge on any atom is -0.318 e. The first-order valence-corrected chi connectivity index (χ1v) is 8.12. The molecule has 2 rings (SSSR count). The highest BCUT2D eigenvalue weighted by molar-refractivity contribution is 6.08. The maximum Gasteiger partial charge on any atom is 0.440 e. The first kappa shape index (κ1) is 19.7. The van der Waals surface area contributed by atoms with Crippen LogP contribution < -0.4 is 10.6 Å². The van der Waals surface area contributed by atoms with Crippen LogP contribution in [0.1, 0.15) is 25.8 Å². The standard InChI is InChI=1S/C17H20F3N3O3/c1-11(2)10-13(24)21-16(17(18,19)20)14(25)23(15(26)22-16)9-8-12-6-4-3-5-7-12/h3-7,11H,8-10H2,1-2H3,(H,21,24)(H,22,26)/t16-/m0/s1. The number of amides is 4. The number of rotatable bonds is 6. The number of urea groups is 1. The Hall–Kier alpha value is -2.58. The quantitative estimate of drug-likeness (QED) is 0.753. The summed E-state index contributed by atoms with van der Waals surface area (Å²) in [6.07, 6.45) is -5.17. The van der Waals surface area contributed by atoms with Crippen LogP contribution in [0.15, 0.2) is 30.3 Å². The molecule has 1 fully saturated rings. The van der Waals surface area contributed by atoms with Gasteiger partial charge in [0.05, 0.1) is 0 Å². The number of carbonyl (C=O) groups is 3. The summed E-state index contributed by atoms with van der Waals surface area (Å²) in [6, 6.07) is 7.55. The molecule has 9 heteroatoms. The Morgan fingerprint density at radius 1 is 1.23 bits per heavy atom. The van der Waals surface area contributed by atoms with Gasteiger partial charge < -0.3 is 5.32 Å². The summed E-state index contributed by atoms with van der Waals surface area (Å²) in [4.78, 5) is 36.8. The van der Waals surface area contributed by atoms with Crippen LogP contribution in [0.2, 0.25) is 0 Å². The van der Waals surface area contributed by atoms with Crippen molar-refractivity contribution in [2.24, 2.45) is 5.92 Å². The van der Waals surface area contributed by atoms with E-state index in [0.717, 1.165) is 5.56 Å². The fourth-order valence-corrected chi connectivity index (χ4v) is 2.64. The van der Waals surface area contributed by atoms with Gasteiger partial charge in [-0.15, -0.1) is 0 Å². The van der Waals surface area contributed by atoms with Crippen molar-refractivity contribution >= 4 is 17.8 Å². The molecule has 0 bridgehead atoms. The van der Waals surface area contributed by atoms with Gasteiger partial charge in [-0.25, -0.2) is 4.79 Å². The van der Waals surface area contributed by atoms with E-state index in [9.17, 15) is 27.6 Å². The van der Waals surface area contributed by atoms with Crippen molar-refractivity contribution in [1.82, 2.24) is 15.5 Å². The lowest BCUT2D eigenvalue weighted by molar-refractivity contribution is -0.204. The van der Waals surface area contributed by atoms with Crippen LogP contribution in [0.4, 0.5) is 18.0 Å². The molecule has 142 valence electrons. The van der Waals surface area contributed by atoms with Crippen molar-refractivity contribution in [3.63, 3.8) is 0 Å². The molecule has 1 heterocycles. The third-order valence-electron chi connectivity index (χ3n) is 3.92. The van der Waals surface area contributed by atoms with Gasteiger partial charge in [0.2, 0.25) is 5.91 Å². The van der Waals surface area contributed by atoms with Crippen LogP contribution >= 0.6 is 0 Å². The molecule has 1 aromatic carbocycles. The average Bonchev–Trinajstić information content (AvgIpc) is 2.76. The second-order valence-electron chi connectivity index (χ2n) is 6.52. The van der Waals surface area contributed by atoms with Crippen molar-refractivity contribution in [2.45, 2.75) is 38.5 Å². The van der Waals surface area contributed by atoms with E-state index < -0.39 is 29.7 Å². The molecular weight excluding hydrogens is 351 g/mol. The van der Waals surface area contributed by atoms with E-state index in [1.54, 1.807) is 54.8 Å². The van der Waals surface area contributed by atoms with E-state index in [1.807, 2.05) is 0 Å². The van der Waals surface area contributed by atoms with Gasteiger partial charge in [-0.2, -0.15) is 13.2 Å². The number of imide groups is 1. The van der Waals surface area contributed by atoms with Gasteiger partial charge in [-0.3, -0.25) is 19.8 Å². The summed E-state index contributed by atoms with van der Waals surface area (Å²) in [5.74, 6) is -2.69. The predicted octanol–water partition coefficient (Wildman–Crippen LogP) is 2.20. The van der Waals surface area contributed by atoms with Crippen LogP contribution in [-0.2, 0) is 16.0 Å². The van der Waals surface area contributed by atoms with Crippen molar-refractivity contribution in [3.05, 3.63) is 35.9 Å². The van der Waals surface area contributed by atoms with Crippen molar-refractivity contribution < 1.29 is 27.6 Å². The Labute approximate surface area is 148 Å². The van der Waals surface area contributed by atoms with Gasteiger partial charge in [0.15, 0.2) is 0 Å². The maximum absolute atomic E-state index is 13.6. The Bertz CT molecular complexity index is 691. The van der Waals surface area contributed by atoms with E-state index in [0.29, 0.717) is 4.90 Å². The molecular formula is C17H20F3N3O3. The van der Waals surface area contributed by atoms with Gasteiger partial charge in [0.1, 0.15) is 0 Å². The maximum atomic E-state index is 13.6. The van der Waals surface area contributed by atoms with E-state index in [-0.39, 0.29) is 25.3 Å². The Morgan fingerprint density at radius 2 is 1.85 bits per heavy atom. The van der Waals surface area contributed by atoms with Crippen LogP contribution in [0.5, 0.6) is 0 Å². The molecule has 1 saturated heterocycles. The van der Waals surface area contributed by atoms with Crippen molar-refractivity contribution in [3.8, 4) is 0 Å². The molecule has 4 amide bonds. The molecule has 1 aromatic rings. The van der Waals surface area contributed by atoms with E-state index >= 15 is 0 Å². The fourth-order valence-electron chi connectivity index (χ4n) is 2.64. The summed E-state index contributed by atoms with van der Waals surface area (Å²) in [7, 11) is 0. The third-order valence-corrected chi connectivity index (χ3v) is 3.92. The molecule has 2 N–H and O–H groups in total. The monoisotopic (exact) mass is 371 g/mol. The topological polar surface area (TPSA) is 78.5 Å². The SMILES string of the molecule is CC(C)CC(=O)N[C@]1(C(F)(F)F)NC(=O)N(CCc2ccccc2)C1=O. The molecule has 1 aliphatic rings. The van der Waals surface area contributed by atoms with Gasteiger partial charge in [0, 0.05) is 13.0 Å². The summed E-state index contributed by atoms with van der Waals surface area (Å²) in [6.45, 7) is 3.08. The van der Waals surface area contributed by atoms with E-state index in [1.165, 1.54) is 0 Å². The van der Waals surface area contributed by atoms with Crippen LogP contribution in [0.3, 0.4) is 0 Å². The van der Waals surface area contributed by atoms with Gasteiger partial charge in [-0.1, -0.05) is 44.2 Å². The highest BCUT2D eigenvalue weighted by Crippen LogP contribution is 2.34. The normalized spacial score (nSPS) is 20.5. The third kappa shape index (κ3) is 3.97. The molecule has 1 aliphatic heterocycles. The first-order chi connectivity index (χ1) is 12.1. The lowest BCUT2D eigenvalue weighted by Crippen LogP contribution is -2.69. The fraction of sp³-hybridized carbons (Fsp3) is 0.471. The molecule has 0 aliphatic carbocycles. The molecule has 26 heavy (non-hydrogen) atoms. The minimum atomic E-state index is -5.17. The second kappa shape index (κ2) is 7.35. The highest BCUT2D eigenvalue weighted by Gasteiger charge is 2.68. The summed E-state index contributed by atoms with van der Waals surface area (Å²) in [5.41, 5.74) is -2.66. The molecule has 6 nitrogen and oxygen atoms in total. The molecule has 1 atom stereocenters. The summed E-state index contributed by atoms with van der Waals surface area (Å²) in [5, 5.41) is 3.31. The lowest BCUT2D eigenvalue weighted by atomic mass is 10.1. The Kier molecular flexibility index (Phi) is 5.58. The highest BCUT2D eigenvalue weighted by atomic mass is 19.4. The molecule has 0 spiro atoms. The smallest absolute Gasteiger partial charge is 0.318 e. The zero-order valence-electron chi connectivity index (χ0n) is 14.4. The first-order valence-electron chi connectivity index (χ1n) is 8.12. The zero-order valence-corrected chi connectivity index (χ0v) is 14.4. The number of halogens is 3. The second-order valence-corrected chi connectivity index (χ2v) is 6.52. The van der Waals surface area contributed by atoms with Gasteiger partial charge in [0.25, 0.3) is 11.6 Å². The van der Waals surface area contributed by atoms with Gasteiger partial charge >= 0.3 is 12.2 Å². The molecule has 0 saturated carbocycles. The number of hydrogen-bond donors (Lipinski definition) is 2. The lowest BCUT2D eigenvalue weighted by Gasteiger charge is -2.30. The predicted molar refractivity (Wildman–Crippen MR) is 86.8 cm³/mol. The average molecular weight is 371 g/mol. The molecule has 0 aromatic heterocycles. The van der Waals surface area contributed by atoms with E-state index in [4.69, 9.17) is 0 Å². The van der Waals surface area contributed by atoms with Crippen molar-refractivity contribution in [1.29, 1.82) is 0 Å². The summed E-state index contributed by atoms with van der Waals surface area (Å²) < 4.78 is 40.8. The van der Waals surface area contributed by atoms with Crippen LogP contribution in [0, 0.1) is 5.92 Å². The van der Waals surface area contributed by atoms with Crippen LogP contribution in [-0.4, -0.2) is 41.1 Å². The number of hydrogen-bond acceptors (Lipinski definition) is 3. The number of alkyl halides is 3. The number of nitrogens with zero attached hydrogens (tertiary/aromatic N) is 1. The minimum absolute atomic E-state index is 0.202. The number of carbonyl (C=O) groups excluding carboxylic acids is 3. The number of nitrogens with one attached hydrogen (secondary N) is 2. The molecule has 0 radical (unpaired) electrons. The Morgan fingerprint density at radius 3 is 2.38 bits per heavy atom. The zero-order chi connectivity index (χ0) is 19.5. The summed E-state index contributed by atoms with van der Waals surface area (Å²) >= 11 is 0. The van der Waals surface area contributed by atoms with Crippen molar-refractivity contribution in [2.75, 3.05) is 6.54 Å². The Balaban J connectivity index is 2.20. The molecule has 0 unspecified atom stereocenters. The number of benzene rings is 1. The van der Waals surface area contributed by atoms with E-state index in [2.05, 4.69) is 0 Å². The van der Waals surface area contributed by atoms with Gasteiger partial charge in [-0.05, 0) is 17.9 Å².